The van der Waals surface area contributed by atoms with Crippen LogP contribution in [0.15, 0.2) is 35.3 Å². The summed E-state index contributed by atoms with van der Waals surface area (Å²) in [6.45, 7) is 0. The molecule has 2 rings (SSSR count). The number of carbonyl (C=O) groups excluding carboxylic acids is 1. The average Bonchev–Trinajstić information content (AvgIpc) is 3.18. The molecule has 1 aromatic rings. The van der Waals surface area contributed by atoms with E-state index in [2.05, 4.69) is 4.99 Å². The lowest BCUT2D eigenvalue weighted by atomic mass is 10.2. The number of para-hydroxylation sites is 1. The Bertz CT molecular complexity index is 604. The van der Waals surface area contributed by atoms with E-state index in [0.29, 0.717) is 5.69 Å². The number of sulfonamides is 1. The number of carbonyl (C=O) groups is 1. The van der Waals surface area contributed by atoms with Gasteiger partial charge in [0.1, 0.15) is 0 Å². The van der Waals surface area contributed by atoms with Crippen molar-refractivity contribution >= 4 is 27.3 Å². The van der Waals surface area contributed by atoms with Gasteiger partial charge in [-0.25, -0.2) is 13.4 Å². The van der Waals surface area contributed by atoms with E-state index in [0.717, 1.165) is 23.4 Å². The molecule has 0 N–H and O–H groups in total. The molecule has 0 atom stereocenters. The van der Waals surface area contributed by atoms with Crippen LogP contribution < -0.4 is 0 Å². The molecule has 0 amide bonds. The Labute approximate surface area is 113 Å². The third-order valence-corrected chi connectivity index (χ3v) is 4.12. The van der Waals surface area contributed by atoms with E-state index in [1.54, 1.807) is 24.3 Å². The molecule has 0 aromatic heterocycles. The molecule has 1 aromatic carbocycles. The van der Waals surface area contributed by atoms with Gasteiger partial charge in [0.25, 0.3) is 0 Å². The Morgan fingerprint density at radius 3 is 2.32 bits per heavy atom. The van der Waals surface area contributed by atoms with Gasteiger partial charge in [0.15, 0.2) is 5.84 Å². The molecule has 1 fully saturated rings. The van der Waals surface area contributed by atoms with Crippen LogP contribution in [0.2, 0.25) is 0 Å². The molecule has 1 saturated carbocycles. The minimum atomic E-state index is -3.49. The maximum Gasteiger partial charge on any atom is 0.233 e. The molecular formula is C13H16N2O3S. The fourth-order valence-electron chi connectivity index (χ4n) is 1.59. The van der Waals surface area contributed by atoms with Crippen LogP contribution in [0.4, 0.5) is 5.69 Å². The summed E-state index contributed by atoms with van der Waals surface area (Å²) in [5, 5.41) is 0. The first-order valence-electron chi connectivity index (χ1n) is 6.01. The van der Waals surface area contributed by atoms with Crippen LogP contribution in [0.5, 0.6) is 0 Å². The number of rotatable bonds is 4. The van der Waals surface area contributed by atoms with Crippen molar-refractivity contribution in [2.24, 2.45) is 10.9 Å². The van der Waals surface area contributed by atoms with E-state index < -0.39 is 10.0 Å². The molecule has 0 radical (unpaired) electrons. The minimum Gasteiger partial charge on any atom is -0.290 e. The van der Waals surface area contributed by atoms with Gasteiger partial charge in [0.05, 0.1) is 11.9 Å². The van der Waals surface area contributed by atoms with Gasteiger partial charge in [0.2, 0.25) is 15.8 Å². The Kier molecular flexibility index (Phi) is 3.71. The lowest BCUT2D eigenvalue weighted by molar-refractivity contribution is -0.114. The first kappa shape index (κ1) is 13.7. The third-order valence-electron chi connectivity index (χ3n) is 2.96. The third kappa shape index (κ3) is 3.41. The molecule has 102 valence electrons. The highest BCUT2D eigenvalue weighted by atomic mass is 32.2. The second-order valence-corrected chi connectivity index (χ2v) is 6.65. The van der Waals surface area contributed by atoms with Crippen molar-refractivity contribution in [1.29, 1.82) is 0 Å². The number of amidine groups is 1. The van der Waals surface area contributed by atoms with Crippen LogP contribution in [0, 0.1) is 5.92 Å². The lowest BCUT2D eigenvalue weighted by Crippen LogP contribution is -2.38. The number of Topliss-reactive ketones (excluding diaryl/α,β-unsaturated/α-hetero) is 1. The number of hydrogen-bond donors (Lipinski definition) is 0. The zero-order chi connectivity index (χ0) is 14.0. The van der Waals surface area contributed by atoms with Crippen molar-refractivity contribution in [2.45, 2.75) is 12.8 Å². The molecule has 0 unspecified atom stereocenters. The molecule has 19 heavy (non-hydrogen) atoms. The molecule has 1 aliphatic rings. The molecule has 0 saturated heterocycles. The summed E-state index contributed by atoms with van der Waals surface area (Å²) in [5.41, 5.74) is 0.571. The highest BCUT2D eigenvalue weighted by Gasteiger charge is 2.36. The zero-order valence-corrected chi connectivity index (χ0v) is 11.7. The maximum absolute atomic E-state index is 12.2. The molecule has 6 heteroatoms. The predicted octanol–water partition coefficient (Wildman–Crippen LogP) is 1.59. The van der Waals surface area contributed by atoms with Crippen LogP contribution in [-0.2, 0) is 14.8 Å². The number of hydrogen-bond acceptors (Lipinski definition) is 4. The van der Waals surface area contributed by atoms with Crippen molar-refractivity contribution in [2.75, 3.05) is 13.3 Å². The van der Waals surface area contributed by atoms with Gasteiger partial charge in [-0.05, 0) is 25.0 Å². The van der Waals surface area contributed by atoms with E-state index in [1.807, 2.05) is 6.07 Å². The monoisotopic (exact) mass is 280 g/mol. The molecule has 0 heterocycles. The molecule has 5 nitrogen and oxygen atoms in total. The van der Waals surface area contributed by atoms with Crippen LogP contribution in [0.3, 0.4) is 0 Å². The second kappa shape index (κ2) is 5.13. The summed E-state index contributed by atoms with van der Waals surface area (Å²) < 4.78 is 24.2. The summed E-state index contributed by atoms with van der Waals surface area (Å²) in [6.07, 6.45) is 2.68. The number of benzene rings is 1. The fraction of sp³-hybridized carbons (Fsp3) is 0.385. The molecule has 0 aliphatic heterocycles. The van der Waals surface area contributed by atoms with E-state index >= 15 is 0 Å². The Hall–Kier alpha value is -1.69. The van der Waals surface area contributed by atoms with Gasteiger partial charge in [-0.15, -0.1) is 0 Å². The summed E-state index contributed by atoms with van der Waals surface area (Å²) in [4.78, 5) is 16.4. The van der Waals surface area contributed by atoms with Crippen LogP contribution in [0.1, 0.15) is 12.8 Å². The minimum absolute atomic E-state index is 0.00352. The van der Waals surface area contributed by atoms with Gasteiger partial charge in [-0.1, -0.05) is 18.2 Å². The summed E-state index contributed by atoms with van der Waals surface area (Å²) in [6, 6.07) is 8.88. The van der Waals surface area contributed by atoms with E-state index in [1.165, 1.54) is 7.05 Å². The molecule has 0 bridgehead atoms. The van der Waals surface area contributed by atoms with Crippen molar-refractivity contribution < 1.29 is 13.2 Å². The van der Waals surface area contributed by atoms with Gasteiger partial charge in [0, 0.05) is 13.0 Å². The normalized spacial score (nSPS) is 16.2. The highest BCUT2D eigenvalue weighted by molar-refractivity contribution is 7.89. The maximum atomic E-state index is 12.2. The second-order valence-electron chi connectivity index (χ2n) is 4.64. The standard InChI is InChI=1S/C13H16N2O3S/c1-15(19(2,17)18)13(12(16)10-8-9-10)14-11-6-4-3-5-7-11/h3-7,10H,8-9H2,1-2H3. The van der Waals surface area contributed by atoms with Crippen molar-refractivity contribution in [3.05, 3.63) is 30.3 Å². The van der Waals surface area contributed by atoms with Gasteiger partial charge >= 0.3 is 0 Å². The molecular weight excluding hydrogens is 264 g/mol. The van der Waals surface area contributed by atoms with Gasteiger partial charge in [-0.2, -0.15) is 0 Å². The fourth-order valence-corrected chi connectivity index (χ4v) is 2.04. The van der Waals surface area contributed by atoms with Crippen LogP contribution in [-0.4, -0.2) is 37.6 Å². The first-order valence-corrected chi connectivity index (χ1v) is 7.86. The smallest absolute Gasteiger partial charge is 0.233 e. The number of ketones is 1. The van der Waals surface area contributed by atoms with Crippen LogP contribution in [0.25, 0.3) is 0 Å². The first-order chi connectivity index (χ1) is 8.89. The largest absolute Gasteiger partial charge is 0.290 e. The molecule has 0 spiro atoms. The SMILES string of the molecule is CN(C(=Nc1ccccc1)C(=O)C1CC1)S(C)(=O)=O. The summed E-state index contributed by atoms with van der Waals surface area (Å²) in [7, 11) is -2.13. The van der Waals surface area contributed by atoms with E-state index in [4.69, 9.17) is 0 Å². The van der Waals surface area contributed by atoms with E-state index in [-0.39, 0.29) is 17.5 Å². The zero-order valence-electron chi connectivity index (χ0n) is 10.9. The summed E-state index contributed by atoms with van der Waals surface area (Å²) >= 11 is 0. The van der Waals surface area contributed by atoms with Crippen molar-refractivity contribution in [1.82, 2.24) is 4.31 Å². The van der Waals surface area contributed by atoms with Gasteiger partial charge < -0.3 is 0 Å². The highest BCUT2D eigenvalue weighted by Crippen LogP contribution is 2.31. The Morgan fingerprint density at radius 2 is 1.84 bits per heavy atom. The molecule has 1 aliphatic carbocycles. The van der Waals surface area contributed by atoms with Crippen LogP contribution >= 0.6 is 0 Å². The number of nitrogens with zero attached hydrogens (tertiary/aromatic N) is 2. The Balaban J connectivity index is 2.39. The predicted molar refractivity (Wildman–Crippen MR) is 73.9 cm³/mol. The topological polar surface area (TPSA) is 66.8 Å². The van der Waals surface area contributed by atoms with Crippen molar-refractivity contribution in [3.8, 4) is 0 Å². The Morgan fingerprint density at radius 1 is 1.26 bits per heavy atom. The average molecular weight is 280 g/mol. The number of aliphatic imine (C=N–C) groups is 1. The lowest BCUT2D eigenvalue weighted by Gasteiger charge is -2.17. The summed E-state index contributed by atoms with van der Waals surface area (Å²) in [5.74, 6) is -0.278. The quantitative estimate of drug-likeness (QED) is 0.621. The van der Waals surface area contributed by atoms with Gasteiger partial charge in [-0.3, -0.25) is 9.10 Å². The van der Waals surface area contributed by atoms with E-state index in [9.17, 15) is 13.2 Å². The number of likely N-dealkylation sites (N-methyl/N-ethyl adjacent to an activating group) is 1. The van der Waals surface area contributed by atoms with Crippen molar-refractivity contribution in [3.63, 3.8) is 0 Å².